The third-order valence-electron chi connectivity index (χ3n) is 9.33. The van der Waals surface area contributed by atoms with Crippen molar-refractivity contribution in [1.29, 1.82) is 0 Å². The Bertz CT molecular complexity index is 906. The molecular weight excluding hydrogens is 462 g/mol. The van der Waals surface area contributed by atoms with E-state index in [0.29, 0.717) is 29.8 Å². The Labute approximate surface area is 226 Å². The second-order valence-electron chi connectivity index (χ2n) is 13.2. The van der Waals surface area contributed by atoms with Gasteiger partial charge in [0.1, 0.15) is 0 Å². The molecule has 0 radical (unpaired) electrons. The van der Waals surface area contributed by atoms with E-state index >= 15 is 0 Å². The van der Waals surface area contributed by atoms with Crippen LogP contribution in [0.15, 0.2) is 48.8 Å². The average molecular weight is 512 g/mol. The molecule has 36 heavy (non-hydrogen) atoms. The highest BCUT2D eigenvalue weighted by Gasteiger charge is 2.43. The van der Waals surface area contributed by atoms with Gasteiger partial charge >= 0.3 is 0 Å². The van der Waals surface area contributed by atoms with Crippen LogP contribution in [0.25, 0.3) is 0 Å². The van der Waals surface area contributed by atoms with Gasteiger partial charge in [-0.05, 0) is 82.4 Å². The predicted molar refractivity (Wildman–Crippen MR) is 155 cm³/mol. The van der Waals surface area contributed by atoms with Gasteiger partial charge in [-0.1, -0.05) is 57.7 Å². The highest BCUT2D eigenvalue weighted by molar-refractivity contribution is 6.30. The Morgan fingerprint density at radius 1 is 0.944 bits per heavy atom. The fourth-order valence-corrected chi connectivity index (χ4v) is 6.91. The van der Waals surface area contributed by atoms with E-state index in [2.05, 4.69) is 75.0 Å². The van der Waals surface area contributed by atoms with E-state index < -0.39 is 0 Å². The van der Waals surface area contributed by atoms with Crippen LogP contribution in [0.4, 0.5) is 0 Å². The molecule has 4 heteroatoms. The molecular formula is C32H50ClN3. The zero-order valence-electron chi connectivity index (χ0n) is 23.8. The van der Waals surface area contributed by atoms with Crippen molar-refractivity contribution in [2.75, 3.05) is 26.2 Å². The number of allylic oxidation sites excluding steroid dienone is 1. The zero-order valence-corrected chi connectivity index (χ0v) is 24.5. The first-order valence-electron chi connectivity index (χ1n) is 14.4. The monoisotopic (exact) mass is 511 g/mol. The van der Waals surface area contributed by atoms with Crippen LogP contribution in [-0.2, 0) is 0 Å². The van der Waals surface area contributed by atoms with Gasteiger partial charge in [0, 0.05) is 72.1 Å². The van der Waals surface area contributed by atoms with Gasteiger partial charge in [0.15, 0.2) is 0 Å². The lowest BCUT2D eigenvalue weighted by Crippen LogP contribution is -2.46. The Morgan fingerprint density at radius 3 is 2.17 bits per heavy atom. The van der Waals surface area contributed by atoms with Crippen LogP contribution in [-0.4, -0.2) is 58.5 Å². The van der Waals surface area contributed by atoms with Crippen molar-refractivity contribution in [3.63, 3.8) is 0 Å². The maximum absolute atomic E-state index is 6.24. The smallest absolute Gasteiger partial charge is 0.0481 e. The second-order valence-corrected chi connectivity index (χ2v) is 13.6. The van der Waals surface area contributed by atoms with E-state index in [-0.39, 0.29) is 5.54 Å². The summed E-state index contributed by atoms with van der Waals surface area (Å²) in [5, 5.41) is 0.810. The highest BCUT2D eigenvalue weighted by atomic mass is 35.5. The summed E-state index contributed by atoms with van der Waals surface area (Å²) in [5.41, 5.74) is 4.21. The summed E-state index contributed by atoms with van der Waals surface area (Å²) in [6, 6.07) is 9.74. The largest absolute Gasteiger partial charge is 0.373 e. The number of hydrogen-bond donors (Lipinski definition) is 0. The van der Waals surface area contributed by atoms with E-state index in [4.69, 9.17) is 18.2 Å². The van der Waals surface area contributed by atoms with Gasteiger partial charge < -0.3 is 9.80 Å². The molecule has 200 valence electrons. The Hall–Kier alpha value is -1.45. The van der Waals surface area contributed by atoms with Crippen LogP contribution in [0.3, 0.4) is 0 Å². The van der Waals surface area contributed by atoms with E-state index in [1.807, 2.05) is 12.1 Å². The average Bonchev–Trinajstić information content (AvgIpc) is 3.48. The van der Waals surface area contributed by atoms with Gasteiger partial charge in [-0.15, -0.1) is 0 Å². The summed E-state index contributed by atoms with van der Waals surface area (Å²) < 4.78 is 0. The van der Waals surface area contributed by atoms with Gasteiger partial charge in [-0.3, -0.25) is 4.90 Å². The Morgan fingerprint density at radius 2 is 1.58 bits per heavy atom. The van der Waals surface area contributed by atoms with Gasteiger partial charge in [0.25, 0.3) is 0 Å². The molecule has 1 aromatic carbocycles. The summed E-state index contributed by atoms with van der Waals surface area (Å²) in [7, 11) is 0. The lowest BCUT2D eigenvalue weighted by atomic mass is 9.85. The van der Waals surface area contributed by atoms with Crippen molar-refractivity contribution < 1.29 is 0 Å². The predicted octanol–water partition coefficient (Wildman–Crippen LogP) is 7.79. The molecule has 4 rings (SSSR count). The summed E-state index contributed by atoms with van der Waals surface area (Å²) >= 11 is 6.24. The molecule has 0 unspecified atom stereocenters. The van der Waals surface area contributed by atoms with Crippen LogP contribution >= 0.6 is 11.6 Å². The number of halogens is 1. The lowest BCUT2D eigenvalue weighted by Gasteiger charge is -2.44. The summed E-state index contributed by atoms with van der Waals surface area (Å²) in [6.45, 7) is 27.7. The molecule has 0 aromatic heterocycles. The minimum atomic E-state index is 0.150. The summed E-state index contributed by atoms with van der Waals surface area (Å²) in [6.07, 6.45) is 6.53. The van der Waals surface area contributed by atoms with Crippen molar-refractivity contribution in [1.82, 2.24) is 14.7 Å². The number of likely N-dealkylation sites (tertiary alicyclic amines) is 2. The Kier molecular flexibility index (Phi) is 8.52. The van der Waals surface area contributed by atoms with Crippen LogP contribution in [0.1, 0.15) is 85.1 Å². The standard InChI is InChI=1S/C32H50ClN3/c1-22(2)24(4)36(28-15-9-23(3)10-16-28)29-17-18-34(19-29)25(5)30-20-35(32(6,7)8)21-31(30)26-11-13-27(33)14-12-26/h11-14,22-23,28-31H,4-5,9-10,15-21H2,1-3,6-8H3/t23?,28?,29-,30-,31-/m0/s1. The molecule has 3 atom stereocenters. The number of hydrogen-bond acceptors (Lipinski definition) is 3. The summed E-state index contributed by atoms with van der Waals surface area (Å²) in [4.78, 5) is 8.03. The molecule has 1 aromatic rings. The normalized spacial score (nSPS) is 29.7. The number of nitrogens with zero attached hydrogens (tertiary/aromatic N) is 3. The van der Waals surface area contributed by atoms with Crippen molar-refractivity contribution in [2.45, 2.75) is 97.2 Å². The van der Waals surface area contributed by atoms with Gasteiger partial charge in [-0.2, -0.15) is 0 Å². The molecule has 1 saturated carbocycles. The molecule has 3 nitrogen and oxygen atoms in total. The van der Waals surface area contributed by atoms with E-state index in [9.17, 15) is 0 Å². The van der Waals surface area contributed by atoms with Crippen LogP contribution < -0.4 is 0 Å². The third-order valence-corrected chi connectivity index (χ3v) is 9.59. The van der Waals surface area contributed by atoms with Crippen molar-refractivity contribution in [3.8, 4) is 0 Å². The molecule has 1 aliphatic carbocycles. The van der Waals surface area contributed by atoms with Crippen LogP contribution in [0.2, 0.25) is 5.02 Å². The van der Waals surface area contributed by atoms with Crippen LogP contribution in [0, 0.1) is 17.8 Å². The quantitative estimate of drug-likeness (QED) is 0.369. The fourth-order valence-electron chi connectivity index (χ4n) is 6.79. The number of rotatable bonds is 7. The molecule has 2 aliphatic heterocycles. The highest BCUT2D eigenvalue weighted by Crippen LogP contribution is 2.42. The second kappa shape index (κ2) is 11.1. The molecule has 0 amide bonds. The minimum absolute atomic E-state index is 0.150. The first-order valence-corrected chi connectivity index (χ1v) is 14.7. The molecule has 2 heterocycles. The SMILES string of the molecule is C=C([C@@H]1CN(C(C)(C)C)C[C@H]1c1ccc(Cl)cc1)N1CC[C@H](N(C(=C)C(C)C)C2CCC(C)CC2)C1. The molecule has 0 bridgehead atoms. The number of benzene rings is 1. The Balaban J connectivity index is 1.51. The zero-order chi connectivity index (χ0) is 26.2. The van der Waals surface area contributed by atoms with Crippen molar-refractivity contribution in [3.05, 3.63) is 59.4 Å². The molecule has 2 saturated heterocycles. The molecule has 3 aliphatic rings. The minimum Gasteiger partial charge on any atom is -0.373 e. The molecule has 0 N–H and O–H groups in total. The van der Waals surface area contributed by atoms with E-state index in [1.165, 1.54) is 49.1 Å². The summed E-state index contributed by atoms with van der Waals surface area (Å²) in [5.74, 6) is 2.25. The van der Waals surface area contributed by atoms with E-state index in [1.54, 1.807) is 0 Å². The van der Waals surface area contributed by atoms with E-state index in [0.717, 1.165) is 37.1 Å². The van der Waals surface area contributed by atoms with Gasteiger partial charge in [0.2, 0.25) is 0 Å². The van der Waals surface area contributed by atoms with Gasteiger partial charge in [-0.25, -0.2) is 0 Å². The maximum Gasteiger partial charge on any atom is 0.0481 e. The van der Waals surface area contributed by atoms with Crippen molar-refractivity contribution in [2.24, 2.45) is 17.8 Å². The first-order chi connectivity index (χ1) is 17.0. The topological polar surface area (TPSA) is 9.72 Å². The lowest BCUT2D eigenvalue weighted by molar-refractivity contribution is 0.122. The van der Waals surface area contributed by atoms with Crippen molar-refractivity contribution >= 4 is 11.6 Å². The maximum atomic E-state index is 6.24. The first kappa shape index (κ1) is 27.6. The third kappa shape index (κ3) is 5.99. The fraction of sp³-hybridized carbons (Fsp3) is 0.688. The molecule has 3 fully saturated rings. The molecule has 0 spiro atoms. The van der Waals surface area contributed by atoms with Crippen LogP contribution in [0.5, 0.6) is 0 Å². The van der Waals surface area contributed by atoms with Gasteiger partial charge in [0.05, 0.1) is 0 Å².